The molecule has 0 radical (unpaired) electrons. The summed E-state index contributed by atoms with van der Waals surface area (Å²) in [5.74, 6) is 0.296. The highest BCUT2D eigenvalue weighted by Gasteiger charge is 2.15. The first kappa shape index (κ1) is 10.4. The molecule has 1 heterocycles. The summed E-state index contributed by atoms with van der Waals surface area (Å²) in [4.78, 5) is 3.65. The number of aromatic nitrogens is 1. The minimum absolute atomic E-state index is 0.0609. The van der Waals surface area contributed by atoms with E-state index in [-0.39, 0.29) is 5.56 Å². The van der Waals surface area contributed by atoms with E-state index < -0.39 is 6.43 Å². The summed E-state index contributed by atoms with van der Waals surface area (Å²) in [6, 6.07) is 0. The van der Waals surface area contributed by atoms with E-state index in [0.717, 1.165) is 6.20 Å². The molecule has 1 aromatic rings. The highest BCUT2D eigenvalue weighted by molar-refractivity contribution is 14.1. The Hall–Kier alpha value is 0.270. The maximum Gasteiger partial charge on any atom is 0.266 e. The Labute approximate surface area is 95.2 Å². The van der Waals surface area contributed by atoms with E-state index in [2.05, 4.69) is 4.98 Å². The molecule has 1 aromatic heterocycles. The lowest BCUT2D eigenvalue weighted by Crippen LogP contribution is -2.00. The van der Waals surface area contributed by atoms with Crippen molar-refractivity contribution in [3.63, 3.8) is 0 Å². The van der Waals surface area contributed by atoms with Gasteiger partial charge in [0.05, 0.1) is 9.13 Å². The zero-order valence-corrected chi connectivity index (χ0v) is 10.0. The fourth-order valence-electron chi connectivity index (χ4n) is 0.644. The number of pyridine rings is 1. The van der Waals surface area contributed by atoms with E-state index in [9.17, 15) is 8.78 Å². The van der Waals surface area contributed by atoms with Crippen molar-refractivity contribution in [1.82, 2.24) is 4.98 Å². The lowest BCUT2D eigenvalue weighted by molar-refractivity contribution is 0.150. The van der Waals surface area contributed by atoms with Gasteiger partial charge in [-0.1, -0.05) is 0 Å². The SMILES string of the molecule is Nc1ncc(C(F)F)c(I)c1I. The van der Waals surface area contributed by atoms with Crippen molar-refractivity contribution in [2.75, 3.05) is 5.73 Å². The number of nitrogens with two attached hydrogens (primary N) is 1. The molecule has 1 rings (SSSR count). The smallest absolute Gasteiger partial charge is 0.266 e. The van der Waals surface area contributed by atoms with Crippen LogP contribution in [0.4, 0.5) is 14.6 Å². The minimum atomic E-state index is -2.49. The molecule has 0 bridgehead atoms. The fourth-order valence-corrected chi connectivity index (χ4v) is 1.75. The van der Waals surface area contributed by atoms with Crippen LogP contribution in [-0.2, 0) is 0 Å². The predicted molar refractivity (Wildman–Crippen MR) is 59.0 cm³/mol. The van der Waals surface area contributed by atoms with Crippen molar-refractivity contribution < 1.29 is 8.78 Å². The van der Waals surface area contributed by atoms with Gasteiger partial charge in [-0.15, -0.1) is 0 Å². The third-order valence-electron chi connectivity index (χ3n) is 1.25. The number of anilines is 1. The molecule has 66 valence electrons. The zero-order valence-electron chi connectivity index (χ0n) is 5.69. The van der Waals surface area contributed by atoms with Crippen LogP contribution < -0.4 is 5.73 Å². The number of rotatable bonds is 1. The standard InChI is InChI=1S/C6H4F2I2N2/c7-5(8)2-1-12-6(11)4(10)3(2)9/h1,5H,(H2,11,12). The van der Waals surface area contributed by atoms with Crippen LogP contribution in [0.2, 0.25) is 0 Å². The Morgan fingerprint density at radius 3 is 2.42 bits per heavy atom. The maximum atomic E-state index is 12.3. The molecule has 0 saturated carbocycles. The molecule has 2 N–H and O–H groups in total. The largest absolute Gasteiger partial charge is 0.383 e. The molecule has 0 amide bonds. The Bertz CT molecular complexity index is 304. The van der Waals surface area contributed by atoms with Crippen LogP contribution in [0.1, 0.15) is 12.0 Å². The van der Waals surface area contributed by atoms with E-state index in [1.165, 1.54) is 0 Å². The molecular weight excluding hydrogens is 392 g/mol. The number of nitrogens with zero attached hydrogens (tertiary/aromatic N) is 1. The summed E-state index contributed by atoms with van der Waals surface area (Å²) in [5.41, 5.74) is 5.36. The van der Waals surface area contributed by atoms with Gasteiger partial charge in [0, 0.05) is 9.77 Å². The van der Waals surface area contributed by atoms with E-state index in [4.69, 9.17) is 5.73 Å². The van der Waals surface area contributed by atoms with Crippen molar-refractivity contribution in [1.29, 1.82) is 0 Å². The van der Waals surface area contributed by atoms with Gasteiger partial charge in [-0.25, -0.2) is 13.8 Å². The molecule has 0 unspecified atom stereocenters. The van der Waals surface area contributed by atoms with Gasteiger partial charge in [0.2, 0.25) is 0 Å². The summed E-state index contributed by atoms with van der Waals surface area (Å²) < 4.78 is 25.6. The first-order valence-electron chi connectivity index (χ1n) is 2.91. The van der Waals surface area contributed by atoms with E-state index in [1.54, 1.807) is 0 Å². The Morgan fingerprint density at radius 2 is 1.92 bits per heavy atom. The summed E-state index contributed by atoms with van der Waals surface area (Å²) in [7, 11) is 0. The van der Waals surface area contributed by atoms with E-state index in [0.29, 0.717) is 13.0 Å². The second-order valence-corrected chi connectivity index (χ2v) is 4.18. The van der Waals surface area contributed by atoms with E-state index >= 15 is 0 Å². The van der Waals surface area contributed by atoms with Gasteiger partial charge >= 0.3 is 0 Å². The van der Waals surface area contributed by atoms with E-state index in [1.807, 2.05) is 45.2 Å². The van der Waals surface area contributed by atoms with Crippen LogP contribution in [0.25, 0.3) is 0 Å². The second kappa shape index (κ2) is 3.99. The molecule has 0 saturated heterocycles. The van der Waals surface area contributed by atoms with Gasteiger partial charge in [-0.2, -0.15) is 0 Å². The van der Waals surface area contributed by atoms with Crippen molar-refractivity contribution in [3.8, 4) is 0 Å². The van der Waals surface area contributed by atoms with Gasteiger partial charge in [0.15, 0.2) is 0 Å². The fraction of sp³-hybridized carbons (Fsp3) is 0.167. The van der Waals surface area contributed by atoms with Crippen LogP contribution >= 0.6 is 45.2 Å². The molecule has 0 aliphatic heterocycles. The lowest BCUT2D eigenvalue weighted by atomic mass is 10.3. The lowest BCUT2D eigenvalue weighted by Gasteiger charge is -2.05. The normalized spacial score (nSPS) is 10.8. The van der Waals surface area contributed by atoms with Gasteiger partial charge in [0.1, 0.15) is 5.82 Å². The molecule has 2 nitrogen and oxygen atoms in total. The average Bonchev–Trinajstić information content (AvgIpc) is 2.00. The molecule has 0 spiro atoms. The number of halogens is 4. The van der Waals surface area contributed by atoms with Crippen LogP contribution in [0.15, 0.2) is 6.20 Å². The molecule has 6 heteroatoms. The quantitative estimate of drug-likeness (QED) is 0.743. The zero-order chi connectivity index (χ0) is 9.30. The predicted octanol–water partition coefficient (Wildman–Crippen LogP) is 2.81. The van der Waals surface area contributed by atoms with Crippen LogP contribution in [0.5, 0.6) is 0 Å². The minimum Gasteiger partial charge on any atom is -0.383 e. The number of alkyl halides is 2. The highest BCUT2D eigenvalue weighted by atomic mass is 127. The summed E-state index contributed by atoms with van der Waals surface area (Å²) in [5, 5.41) is 0. The summed E-state index contributed by atoms with van der Waals surface area (Å²) in [6.45, 7) is 0. The van der Waals surface area contributed by atoms with Gasteiger partial charge in [-0.3, -0.25) is 0 Å². The average molecular weight is 396 g/mol. The first-order valence-corrected chi connectivity index (χ1v) is 5.07. The van der Waals surface area contributed by atoms with Crippen molar-refractivity contribution in [2.24, 2.45) is 0 Å². The summed E-state index contributed by atoms with van der Waals surface area (Å²) in [6.07, 6.45) is -1.37. The first-order chi connectivity index (χ1) is 5.54. The van der Waals surface area contributed by atoms with Crippen molar-refractivity contribution in [2.45, 2.75) is 6.43 Å². The number of nitrogen functional groups attached to an aromatic ring is 1. The molecule has 12 heavy (non-hydrogen) atoms. The Morgan fingerprint density at radius 1 is 1.33 bits per heavy atom. The Balaban J connectivity index is 3.27. The number of hydrogen-bond acceptors (Lipinski definition) is 2. The molecule has 0 aromatic carbocycles. The molecule has 0 aliphatic rings. The van der Waals surface area contributed by atoms with Crippen LogP contribution in [0.3, 0.4) is 0 Å². The second-order valence-electron chi connectivity index (χ2n) is 2.03. The number of hydrogen-bond donors (Lipinski definition) is 1. The highest BCUT2D eigenvalue weighted by Crippen LogP contribution is 2.29. The molecule has 0 aliphatic carbocycles. The van der Waals surface area contributed by atoms with Crippen LogP contribution in [-0.4, -0.2) is 4.98 Å². The molecular formula is C6H4F2I2N2. The Kier molecular flexibility index (Phi) is 3.44. The maximum absolute atomic E-state index is 12.3. The third kappa shape index (κ3) is 1.95. The monoisotopic (exact) mass is 396 g/mol. The summed E-state index contributed by atoms with van der Waals surface area (Å²) >= 11 is 3.74. The van der Waals surface area contributed by atoms with Gasteiger partial charge < -0.3 is 5.73 Å². The third-order valence-corrected chi connectivity index (χ3v) is 4.54. The molecule has 0 atom stereocenters. The molecule has 0 fully saturated rings. The van der Waals surface area contributed by atoms with Crippen molar-refractivity contribution >= 4 is 51.0 Å². The topological polar surface area (TPSA) is 38.9 Å². The van der Waals surface area contributed by atoms with Crippen molar-refractivity contribution in [3.05, 3.63) is 18.9 Å². The van der Waals surface area contributed by atoms with Gasteiger partial charge in [-0.05, 0) is 45.2 Å². The van der Waals surface area contributed by atoms with Gasteiger partial charge in [0.25, 0.3) is 6.43 Å². The van der Waals surface area contributed by atoms with Crippen LogP contribution in [0, 0.1) is 7.14 Å².